The monoisotopic (exact) mass is 682 g/mol. The van der Waals surface area contributed by atoms with Crippen LogP contribution in [0.3, 0.4) is 0 Å². The molecule has 47 heavy (non-hydrogen) atoms. The first-order chi connectivity index (χ1) is 22.2. The van der Waals surface area contributed by atoms with E-state index in [1.807, 2.05) is 83.1 Å². The molecule has 0 aromatic heterocycles. The van der Waals surface area contributed by atoms with Crippen LogP contribution in [0.1, 0.15) is 89.5 Å². The Kier molecular flexibility index (Phi) is 27.3. The molecule has 0 aromatic carbocycles. The first-order valence-corrected chi connectivity index (χ1v) is 17.5. The zero-order valence-corrected chi connectivity index (χ0v) is 31.6. The van der Waals surface area contributed by atoms with E-state index in [9.17, 15) is 4.79 Å². The molecule has 1 N–H and O–H groups in total. The van der Waals surface area contributed by atoms with Gasteiger partial charge in [-0.2, -0.15) is 0 Å². The number of hydrogen-bond acceptors (Lipinski definition) is 12. The summed E-state index contributed by atoms with van der Waals surface area (Å²) in [5.74, 6) is -0.299. The van der Waals surface area contributed by atoms with Crippen LogP contribution in [-0.2, 0) is 52.2 Å². The van der Waals surface area contributed by atoms with E-state index < -0.39 is 0 Å². The van der Waals surface area contributed by atoms with E-state index in [1.54, 1.807) is 0 Å². The predicted octanol–water partition coefficient (Wildman–Crippen LogP) is 4.60. The summed E-state index contributed by atoms with van der Waals surface area (Å²) in [4.78, 5) is 11.9. The van der Waals surface area contributed by atoms with Crippen LogP contribution in [0, 0.1) is 5.92 Å². The molecule has 0 fully saturated rings. The molecule has 12 heteroatoms. The van der Waals surface area contributed by atoms with Crippen LogP contribution in [0.25, 0.3) is 0 Å². The number of carbonyl (C=O) groups excluding carboxylic acids is 1. The highest BCUT2D eigenvalue weighted by Gasteiger charge is 2.18. The maximum Gasteiger partial charge on any atom is 0.308 e. The van der Waals surface area contributed by atoms with Crippen LogP contribution in [0.5, 0.6) is 0 Å². The molecule has 282 valence electrons. The van der Waals surface area contributed by atoms with E-state index >= 15 is 0 Å². The standard InChI is InChI=1S/C35H70O12/c1-13-24(2)35(37)47-34(12)23-46-33(11)22-45-32(10)21-44-31(9)20-43-30(8)19-42-29(7)18-41-28(6)17-40-27(5)16-39-26(4)15-38-25(3)14-36/h24-34,36H,13-23H2,1-12H3. The van der Waals surface area contributed by atoms with Gasteiger partial charge < -0.3 is 52.5 Å². The van der Waals surface area contributed by atoms with E-state index in [0.29, 0.717) is 59.5 Å². The van der Waals surface area contributed by atoms with Gasteiger partial charge >= 0.3 is 5.97 Å². The summed E-state index contributed by atoms with van der Waals surface area (Å²) in [6.07, 6.45) is -0.511. The summed E-state index contributed by atoms with van der Waals surface area (Å²) in [6.45, 7) is 27.0. The van der Waals surface area contributed by atoms with Gasteiger partial charge in [-0.25, -0.2) is 0 Å². The number of esters is 1. The average molecular weight is 683 g/mol. The summed E-state index contributed by atoms with van der Waals surface area (Å²) in [6, 6.07) is 0. The Labute approximate surface area is 285 Å². The van der Waals surface area contributed by atoms with Crippen molar-refractivity contribution in [2.45, 2.75) is 151 Å². The number of hydrogen-bond donors (Lipinski definition) is 1. The fourth-order valence-corrected chi connectivity index (χ4v) is 3.65. The molecule has 0 radical (unpaired) electrons. The lowest BCUT2D eigenvalue weighted by molar-refractivity contribution is -0.157. The maximum atomic E-state index is 11.9. The smallest absolute Gasteiger partial charge is 0.308 e. The first-order valence-electron chi connectivity index (χ1n) is 17.5. The Morgan fingerprint density at radius 3 is 0.830 bits per heavy atom. The van der Waals surface area contributed by atoms with E-state index in [0.717, 1.165) is 6.42 Å². The van der Waals surface area contributed by atoms with Gasteiger partial charge in [-0.1, -0.05) is 13.8 Å². The summed E-state index contributed by atoms with van der Waals surface area (Å²) in [7, 11) is 0. The largest absolute Gasteiger partial charge is 0.460 e. The zero-order valence-electron chi connectivity index (χ0n) is 31.6. The first kappa shape index (κ1) is 46.1. The average Bonchev–Trinajstić information content (AvgIpc) is 3.05. The van der Waals surface area contributed by atoms with Crippen LogP contribution in [0.4, 0.5) is 0 Å². The third kappa shape index (κ3) is 26.6. The normalized spacial score (nSPS) is 19.2. The van der Waals surface area contributed by atoms with Gasteiger partial charge in [0.25, 0.3) is 0 Å². The zero-order chi connectivity index (χ0) is 35.8. The minimum Gasteiger partial charge on any atom is -0.460 e. The van der Waals surface area contributed by atoms with Gasteiger partial charge in [0.1, 0.15) is 6.10 Å². The highest BCUT2D eigenvalue weighted by molar-refractivity contribution is 5.72. The molecule has 0 aliphatic heterocycles. The molecule has 0 aliphatic carbocycles. The Balaban J connectivity index is 3.95. The van der Waals surface area contributed by atoms with Gasteiger partial charge in [0, 0.05) is 0 Å². The van der Waals surface area contributed by atoms with E-state index in [-0.39, 0.29) is 79.5 Å². The van der Waals surface area contributed by atoms with Crippen molar-refractivity contribution >= 4 is 5.97 Å². The summed E-state index contributed by atoms with van der Waals surface area (Å²) in [5.41, 5.74) is 0. The van der Waals surface area contributed by atoms with Gasteiger partial charge in [-0.3, -0.25) is 4.79 Å². The molecule has 11 unspecified atom stereocenters. The molecule has 0 bridgehead atoms. The molecular formula is C35H70O12. The Hall–Kier alpha value is -0.930. The van der Waals surface area contributed by atoms with Crippen molar-refractivity contribution in [3.63, 3.8) is 0 Å². The van der Waals surface area contributed by atoms with Gasteiger partial charge in [0.2, 0.25) is 0 Å². The van der Waals surface area contributed by atoms with E-state index in [4.69, 9.17) is 52.5 Å². The Morgan fingerprint density at radius 2 is 0.617 bits per heavy atom. The molecule has 0 rings (SSSR count). The fourth-order valence-electron chi connectivity index (χ4n) is 3.65. The number of carbonyl (C=O) groups is 1. The molecule has 0 amide bonds. The molecule has 0 heterocycles. The highest BCUT2D eigenvalue weighted by Crippen LogP contribution is 2.08. The molecule has 0 aliphatic rings. The number of aliphatic hydroxyl groups excluding tert-OH is 1. The molecule has 0 spiro atoms. The van der Waals surface area contributed by atoms with Gasteiger partial charge in [0.05, 0.1) is 127 Å². The molecule has 12 nitrogen and oxygen atoms in total. The van der Waals surface area contributed by atoms with Crippen molar-refractivity contribution in [1.82, 2.24) is 0 Å². The number of aliphatic hydroxyl groups is 1. The van der Waals surface area contributed by atoms with Crippen LogP contribution < -0.4 is 0 Å². The molecular weight excluding hydrogens is 612 g/mol. The van der Waals surface area contributed by atoms with Crippen LogP contribution >= 0.6 is 0 Å². The third-order valence-corrected chi connectivity index (χ3v) is 7.13. The van der Waals surface area contributed by atoms with E-state index in [1.165, 1.54) is 0 Å². The van der Waals surface area contributed by atoms with Crippen molar-refractivity contribution < 1.29 is 57.3 Å². The van der Waals surface area contributed by atoms with Crippen molar-refractivity contribution in [3.8, 4) is 0 Å². The van der Waals surface area contributed by atoms with Gasteiger partial charge in [0.15, 0.2) is 0 Å². The second-order valence-corrected chi connectivity index (χ2v) is 13.0. The topological polar surface area (TPSA) is 130 Å². The van der Waals surface area contributed by atoms with Crippen molar-refractivity contribution in [2.24, 2.45) is 5.92 Å². The fraction of sp³-hybridized carbons (Fsp3) is 0.971. The predicted molar refractivity (Wildman–Crippen MR) is 181 cm³/mol. The molecule has 0 saturated carbocycles. The van der Waals surface area contributed by atoms with E-state index in [2.05, 4.69) is 0 Å². The lowest BCUT2D eigenvalue weighted by atomic mass is 10.1. The number of rotatable bonds is 31. The highest BCUT2D eigenvalue weighted by atomic mass is 16.6. The quantitative estimate of drug-likeness (QED) is 0.103. The SMILES string of the molecule is CCC(C)C(=O)OC(C)COC(C)COC(C)COC(C)COC(C)COC(C)COC(C)COC(C)COC(C)COC(C)CO. The second kappa shape index (κ2) is 27.8. The van der Waals surface area contributed by atoms with Crippen LogP contribution in [0.2, 0.25) is 0 Å². The lowest BCUT2D eigenvalue weighted by Crippen LogP contribution is -2.31. The lowest BCUT2D eigenvalue weighted by Gasteiger charge is -2.23. The van der Waals surface area contributed by atoms with Crippen molar-refractivity contribution in [2.75, 3.05) is 66.1 Å². The minimum atomic E-state index is -0.302. The van der Waals surface area contributed by atoms with Gasteiger partial charge in [-0.15, -0.1) is 0 Å². The summed E-state index contributed by atoms with van der Waals surface area (Å²) in [5, 5.41) is 9.03. The molecule has 0 aromatic rings. The third-order valence-electron chi connectivity index (χ3n) is 7.13. The number of ether oxygens (including phenoxy) is 10. The van der Waals surface area contributed by atoms with Crippen molar-refractivity contribution in [1.29, 1.82) is 0 Å². The second-order valence-electron chi connectivity index (χ2n) is 13.0. The molecule has 0 saturated heterocycles. The maximum absolute atomic E-state index is 11.9. The summed E-state index contributed by atoms with van der Waals surface area (Å²) >= 11 is 0. The minimum absolute atomic E-state index is 0.00685. The Morgan fingerprint density at radius 1 is 0.404 bits per heavy atom. The molecule has 11 atom stereocenters. The van der Waals surface area contributed by atoms with Crippen molar-refractivity contribution in [3.05, 3.63) is 0 Å². The van der Waals surface area contributed by atoms with Gasteiger partial charge in [-0.05, 0) is 75.7 Å². The van der Waals surface area contributed by atoms with Crippen LogP contribution in [-0.4, -0.2) is 138 Å². The Bertz CT molecular complexity index is 743. The summed E-state index contributed by atoms with van der Waals surface area (Å²) < 4.78 is 57.7. The van der Waals surface area contributed by atoms with Crippen LogP contribution in [0.15, 0.2) is 0 Å².